The molecule has 0 unspecified atom stereocenters. The molecular formula is C13H13F3N6O. The van der Waals surface area contributed by atoms with Gasteiger partial charge in [-0.1, -0.05) is 0 Å². The first kappa shape index (κ1) is 16.5. The molecule has 0 aliphatic heterocycles. The van der Waals surface area contributed by atoms with Crippen LogP contribution in [0.25, 0.3) is 16.6 Å². The molecule has 10 heteroatoms. The molecule has 7 nitrogen and oxygen atoms in total. The first-order valence-corrected chi connectivity index (χ1v) is 6.35. The van der Waals surface area contributed by atoms with Crippen LogP contribution < -0.4 is 17.0 Å². The maximum Gasteiger partial charge on any atom is 0.406 e. The summed E-state index contributed by atoms with van der Waals surface area (Å²) in [5.74, 6) is -0.236. The molecule has 0 fully saturated rings. The fraction of sp³-hybridized carbons (Fsp3) is 0.231. The second-order valence-corrected chi connectivity index (χ2v) is 4.74. The van der Waals surface area contributed by atoms with Crippen molar-refractivity contribution in [3.05, 3.63) is 33.9 Å². The number of nitrogen functional groups attached to an aromatic ring is 1. The molecule has 122 valence electrons. The molecule has 5 N–H and O–H groups in total. The molecule has 0 amide bonds. The van der Waals surface area contributed by atoms with Crippen molar-refractivity contribution in [2.24, 2.45) is 5.73 Å². The van der Waals surface area contributed by atoms with Crippen molar-refractivity contribution in [2.75, 3.05) is 5.73 Å². The number of aromatic nitrogens is 3. The van der Waals surface area contributed by atoms with E-state index in [9.17, 15) is 18.0 Å². The van der Waals surface area contributed by atoms with E-state index in [2.05, 4.69) is 9.97 Å². The zero-order valence-electron chi connectivity index (χ0n) is 12.0. The van der Waals surface area contributed by atoms with Crippen LogP contribution >= 0.6 is 0 Å². The summed E-state index contributed by atoms with van der Waals surface area (Å²) in [5.41, 5.74) is 9.78. The van der Waals surface area contributed by atoms with E-state index >= 15 is 0 Å². The van der Waals surface area contributed by atoms with Gasteiger partial charge in [0.1, 0.15) is 12.2 Å². The Morgan fingerprint density at radius 2 is 2.09 bits per heavy atom. The van der Waals surface area contributed by atoms with E-state index in [0.717, 1.165) is 12.4 Å². The van der Waals surface area contributed by atoms with E-state index in [4.69, 9.17) is 16.9 Å². The van der Waals surface area contributed by atoms with E-state index < -0.39 is 18.3 Å². The van der Waals surface area contributed by atoms with Gasteiger partial charge in [-0.25, -0.2) is 4.98 Å². The van der Waals surface area contributed by atoms with Crippen LogP contribution in [0.5, 0.6) is 0 Å². The Bertz CT molecular complexity index is 869. The predicted octanol–water partition coefficient (Wildman–Crippen LogP) is 1.19. The van der Waals surface area contributed by atoms with Gasteiger partial charge in [-0.3, -0.25) is 9.36 Å². The molecule has 2 aromatic rings. The maximum absolute atomic E-state index is 12.8. The Kier molecular flexibility index (Phi) is 4.08. The highest BCUT2D eigenvalue weighted by Crippen LogP contribution is 2.23. The van der Waals surface area contributed by atoms with E-state index in [-0.39, 0.29) is 28.1 Å². The fourth-order valence-electron chi connectivity index (χ4n) is 2.16. The van der Waals surface area contributed by atoms with Gasteiger partial charge in [0.05, 0.1) is 11.3 Å². The first-order chi connectivity index (χ1) is 10.7. The largest absolute Gasteiger partial charge is 0.406 e. The molecule has 0 radical (unpaired) electrons. The molecule has 0 spiro atoms. The third-order valence-corrected chi connectivity index (χ3v) is 3.14. The van der Waals surface area contributed by atoms with Crippen LogP contribution in [0.2, 0.25) is 0 Å². The summed E-state index contributed by atoms with van der Waals surface area (Å²) in [6.45, 7) is -0.00921. The van der Waals surface area contributed by atoms with Crippen molar-refractivity contribution >= 4 is 28.8 Å². The summed E-state index contributed by atoms with van der Waals surface area (Å²) < 4.78 is 38.9. The standard InChI is InChI=1S/C13H13F3N6O/c1-6-8-2-9(7(3-17)4-18)11(23)22(5-13(14,15)16)10(8)21-12(19)20-6/h2-4,17H,5,18H2,1H3,(H2,19,20,21)/b7-4+,17-3?. The van der Waals surface area contributed by atoms with Crippen LogP contribution in [-0.4, -0.2) is 26.9 Å². The lowest BCUT2D eigenvalue weighted by Gasteiger charge is -2.15. The predicted molar refractivity (Wildman–Crippen MR) is 80.0 cm³/mol. The minimum absolute atomic E-state index is 0.0101. The Hall–Kier alpha value is -2.91. The van der Waals surface area contributed by atoms with Gasteiger partial charge >= 0.3 is 6.18 Å². The van der Waals surface area contributed by atoms with Gasteiger partial charge < -0.3 is 16.9 Å². The molecule has 0 aliphatic rings. The third kappa shape index (κ3) is 3.15. The van der Waals surface area contributed by atoms with Crippen molar-refractivity contribution in [3.8, 4) is 0 Å². The number of fused-ring (bicyclic) bond motifs is 1. The number of hydrogen-bond donors (Lipinski definition) is 3. The van der Waals surface area contributed by atoms with Crippen LogP contribution in [-0.2, 0) is 6.54 Å². The number of anilines is 1. The molecule has 0 aromatic carbocycles. The Morgan fingerprint density at radius 3 is 2.61 bits per heavy atom. The summed E-state index contributed by atoms with van der Waals surface area (Å²) >= 11 is 0. The second-order valence-electron chi connectivity index (χ2n) is 4.74. The minimum Gasteiger partial charge on any atom is -0.404 e. The summed E-state index contributed by atoms with van der Waals surface area (Å²) in [5, 5.41) is 7.47. The maximum atomic E-state index is 12.8. The summed E-state index contributed by atoms with van der Waals surface area (Å²) in [7, 11) is 0. The molecule has 0 saturated carbocycles. The van der Waals surface area contributed by atoms with Gasteiger partial charge in [0.25, 0.3) is 5.56 Å². The van der Waals surface area contributed by atoms with E-state index in [0.29, 0.717) is 10.3 Å². The SMILES string of the molecule is Cc1nc(N)nc2c1cc(/C(C=N)=C/N)c(=O)n2CC(F)(F)F. The van der Waals surface area contributed by atoms with Crippen LogP contribution in [0.3, 0.4) is 0 Å². The highest BCUT2D eigenvalue weighted by atomic mass is 19.4. The summed E-state index contributed by atoms with van der Waals surface area (Å²) in [6.07, 6.45) is -2.88. The van der Waals surface area contributed by atoms with Crippen molar-refractivity contribution < 1.29 is 13.2 Å². The Balaban J connectivity index is 2.96. The molecule has 0 atom stereocenters. The van der Waals surface area contributed by atoms with Crippen LogP contribution in [0.4, 0.5) is 19.1 Å². The number of pyridine rings is 1. The minimum atomic E-state index is -4.64. The fourth-order valence-corrected chi connectivity index (χ4v) is 2.16. The van der Waals surface area contributed by atoms with Gasteiger partial charge in [-0.2, -0.15) is 18.2 Å². The smallest absolute Gasteiger partial charge is 0.404 e. The summed E-state index contributed by atoms with van der Waals surface area (Å²) in [6, 6.07) is 1.31. The topological polar surface area (TPSA) is 124 Å². The lowest BCUT2D eigenvalue weighted by atomic mass is 10.1. The lowest BCUT2D eigenvalue weighted by Crippen LogP contribution is -2.31. The molecule has 0 bridgehead atoms. The molecular weight excluding hydrogens is 313 g/mol. The number of hydrogen-bond acceptors (Lipinski definition) is 6. The number of aryl methyl sites for hydroxylation is 1. The quantitative estimate of drug-likeness (QED) is 0.731. The number of allylic oxidation sites excluding steroid dienone is 1. The van der Waals surface area contributed by atoms with Crippen LogP contribution in [0.15, 0.2) is 17.1 Å². The molecule has 2 heterocycles. The van der Waals surface area contributed by atoms with Crippen molar-refractivity contribution in [3.63, 3.8) is 0 Å². The van der Waals surface area contributed by atoms with E-state index in [1.807, 2.05) is 0 Å². The highest BCUT2D eigenvalue weighted by Gasteiger charge is 2.30. The Morgan fingerprint density at radius 1 is 1.43 bits per heavy atom. The average Bonchev–Trinajstić information content (AvgIpc) is 2.44. The number of nitrogens with one attached hydrogen (secondary N) is 1. The number of nitrogens with zero attached hydrogens (tertiary/aromatic N) is 3. The highest BCUT2D eigenvalue weighted by molar-refractivity contribution is 6.08. The zero-order valence-corrected chi connectivity index (χ0v) is 12.0. The number of nitrogens with two attached hydrogens (primary N) is 2. The molecule has 0 saturated heterocycles. The Labute approximate surface area is 128 Å². The van der Waals surface area contributed by atoms with Gasteiger partial charge in [0, 0.05) is 23.4 Å². The van der Waals surface area contributed by atoms with Gasteiger partial charge in [-0.15, -0.1) is 0 Å². The normalized spacial score (nSPS) is 12.6. The molecule has 2 rings (SSSR count). The van der Waals surface area contributed by atoms with E-state index in [1.54, 1.807) is 0 Å². The number of rotatable bonds is 3. The van der Waals surface area contributed by atoms with E-state index in [1.165, 1.54) is 13.0 Å². The van der Waals surface area contributed by atoms with Crippen molar-refractivity contribution in [1.29, 1.82) is 5.41 Å². The first-order valence-electron chi connectivity index (χ1n) is 6.35. The number of halogens is 3. The van der Waals surface area contributed by atoms with Gasteiger partial charge in [-0.05, 0) is 13.0 Å². The average molecular weight is 326 g/mol. The van der Waals surface area contributed by atoms with Crippen LogP contribution in [0.1, 0.15) is 11.3 Å². The summed E-state index contributed by atoms with van der Waals surface area (Å²) in [4.78, 5) is 20.0. The monoisotopic (exact) mass is 326 g/mol. The zero-order chi connectivity index (χ0) is 17.4. The molecule has 0 aliphatic carbocycles. The third-order valence-electron chi connectivity index (χ3n) is 3.14. The second kappa shape index (κ2) is 5.71. The molecule has 2 aromatic heterocycles. The van der Waals surface area contributed by atoms with Gasteiger partial charge in [0.15, 0.2) is 0 Å². The lowest BCUT2D eigenvalue weighted by molar-refractivity contribution is -0.140. The van der Waals surface area contributed by atoms with Crippen molar-refractivity contribution in [2.45, 2.75) is 19.6 Å². The molecule has 23 heavy (non-hydrogen) atoms. The van der Waals surface area contributed by atoms with Gasteiger partial charge in [0.2, 0.25) is 5.95 Å². The number of alkyl halides is 3. The van der Waals surface area contributed by atoms with Crippen molar-refractivity contribution in [1.82, 2.24) is 14.5 Å². The van der Waals surface area contributed by atoms with Crippen LogP contribution in [0, 0.1) is 12.3 Å².